The molecule has 0 aliphatic heterocycles. The van der Waals surface area contributed by atoms with Crippen LogP contribution in [0.4, 0.5) is 17.1 Å². The van der Waals surface area contributed by atoms with Crippen molar-refractivity contribution in [2.45, 2.75) is 9.79 Å². The summed E-state index contributed by atoms with van der Waals surface area (Å²) in [5, 5.41) is 4.01. The molecule has 0 aliphatic carbocycles. The second-order valence-electron chi connectivity index (χ2n) is 6.38. The van der Waals surface area contributed by atoms with Crippen LogP contribution in [0.5, 0.6) is 0 Å². The first-order valence-electron chi connectivity index (χ1n) is 9.34. The Labute approximate surface area is 181 Å². The van der Waals surface area contributed by atoms with E-state index in [1.165, 1.54) is 9.79 Å². The summed E-state index contributed by atoms with van der Waals surface area (Å²) >= 11 is 7.51. The van der Waals surface area contributed by atoms with Crippen molar-refractivity contribution in [2.75, 3.05) is 10.2 Å². The molecule has 0 aromatic heterocycles. The van der Waals surface area contributed by atoms with Gasteiger partial charge in [0.25, 0.3) is 0 Å². The van der Waals surface area contributed by atoms with Gasteiger partial charge in [0.2, 0.25) is 0 Å². The number of nitrogens with zero attached hydrogens (tertiary/aromatic N) is 1. The van der Waals surface area contributed by atoms with Crippen molar-refractivity contribution in [2.24, 2.45) is 0 Å². The van der Waals surface area contributed by atoms with Crippen molar-refractivity contribution in [3.63, 3.8) is 0 Å². The molecule has 142 valence electrons. The summed E-state index contributed by atoms with van der Waals surface area (Å²) in [6, 6.07) is 39.0. The van der Waals surface area contributed by atoms with Crippen LogP contribution in [-0.2, 0) is 0 Å². The highest BCUT2D eigenvalue weighted by Crippen LogP contribution is 2.29. The third-order valence-corrected chi connectivity index (χ3v) is 5.62. The van der Waals surface area contributed by atoms with Crippen molar-refractivity contribution in [1.82, 2.24) is 0 Å². The van der Waals surface area contributed by atoms with Crippen LogP contribution in [0, 0.1) is 0 Å². The number of hydrogen-bond acceptors (Lipinski definition) is 2. The molecule has 4 aromatic carbocycles. The number of anilines is 3. The Morgan fingerprint density at radius 1 is 0.586 bits per heavy atom. The Morgan fingerprint density at radius 2 is 1.03 bits per heavy atom. The maximum atomic E-state index is 5.77. The van der Waals surface area contributed by atoms with Crippen LogP contribution in [0.3, 0.4) is 0 Å². The topological polar surface area (TPSA) is 15.3 Å². The molecule has 4 heteroatoms. The molecule has 0 amide bonds. The van der Waals surface area contributed by atoms with Gasteiger partial charge in [-0.3, -0.25) is 4.90 Å². The van der Waals surface area contributed by atoms with Gasteiger partial charge in [-0.05, 0) is 72.9 Å². The number of rotatable bonds is 5. The lowest BCUT2D eigenvalue weighted by Crippen LogP contribution is -2.30. The van der Waals surface area contributed by atoms with Gasteiger partial charge in [0, 0.05) is 26.9 Å². The summed E-state index contributed by atoms with van der Waals surface area (Å²) in [5.41, 5.74) is 3.00. The quantitative estimate of drug-likeness (QED) is 0.344. The van der Waals surface area contributed by atoms with Crippen LogP contribution in [0.1, 0.15) is 0 Å². The standard InChI is InChI=1S/C25H20N2S2/c28-25(27(21-10-4-1-5-11-21)22-12-6-2-7-13-22)26-20-16-18-24(19-17-20)29-23-14-8-3-9-15-23/h1-19H,(H,26,28). The molecule has 0 fully saturated rings. The third kappa shape index (κ3) is 5.05. The summed E-state index contributed by atoms with van der Waals surface area (Å²) in [6.45, 7) is 0. The van der Waals surface area contributed by atoms with Crippen molar-refractivity contribution in [3.8, 4) is 0 Å². The van der Waals surface area contributed by atoms with E-state index in [0.717, 1.165) is 17.1 Å². The molecule has 0 heterocycles. The van der Waals surface area contributed by atoms with Crippen LogP contribution in [-0.4, -0.2) is 5.11 Å². The third-order valence-electron chi connectivity index (χ3n) is 4.32. The highest BCUT2D eigenvalue weighted by atomic mass is 32.2. The molecular weight excluding hydrogens is 392 g/mol. The van der Waals surface area contributed by atoms with E-state index in [-0.39, 0.29) is 0 Å². The summed E-state index contributed by atoms with van der Waals surface area (Å²) in [6.07, 6.45) is 0. The van der Waals surface area contributed by atoms with Gasteiger partial charge in [0.05, 0.1) is 0 Å². The van der Waals surface area contributed by atoms with Crippen LogP contribution in [0.25, 0.3) is 0 Å². The summed E-state index contributed by atoms with van der Waals surface area (Å²) < 4.78 is 0. The summed E-state index contributed by atoms with van der Waals surface area (Å²) in [4.78, 5) is 4.46. The lowest BCUT2D eigenvalue weighted by atomic mass is 10.2. The fourth-order valence-electron chi connectivity index (χ4n) is 2.95. The summed E-state index contributed by atoms with van der Waals surface area (Å²) in [5.74, 6) is 0. The van der Waals surface area contributed by atoms with Gasteiger partial charge in [0.1, 0.15) is 0 Å². The smallest absolute Gasteiger partial charge is 0.182 e. The molecule has 0 bridgehead atoms. The van der Waals surface area contributed by atoms with Crippen molar-refractivity contribution in [3.05, 3.63) is 115 Å². The minimum atomic E-state index is 0.630. The number of para-hydroxylation sites is 2. The van der Waals surface area contributed by atoms with E-state index in [0.29, 0.717) is 5.11 Å². The fourth-order valence-corrected chi connectivity index (χ4v) is 4.11. The van der Waals surface area contributed by atoms with Gasteiger partial charge in [-0.2, -0.15) is 0 Å². The largest absolute Gasteiger partial charge is 0.332 e. The first-order chi connectivity index (χ1) is 14.3. The lowest BCUT2D eigenvalue weighted by molar-refractivity contribution is 1.35. The molecule has 0 radical (unpaired) electrons. The predicted molar refractivity (Wildman–Crippen MR) is 128 cm³/mol. The monoisotopic (exact) mass is 412 g/mol. The van der Waals surface area contributed by atoms with Gasteiger partial charge < -0.3 is 5.32 Å². The minimum absolute atomic E-state index is 0.630. The highest BCUT2D eigenvalue weighted by molar-refractivity contribution is 7.99. The fraction of sp³-hybridized carbons (Fsp3) is 0. The number of nitrogens with one attached hydrogen (secondary N) is 1. The first kappa shape index (κ1) is 19.2. The van der Waals surface area contributed by atoms with E-state index in [9.17, 15) is 0 Å². The van der Waals surface area contributed by atoms with Gasteiger partial charge >= 0.3 is 0 Å². The molecule has 0 saturated heterocycles. The lowest BCUT2D eigenvalue weighted by Gasteiger charge is -2.26. The molecule has 0 unspecified atom stereocenters. The van der Waals surface area contributed by atoms with Crippen LogP contribution in [0.2, 0.25) is 0 Å². The van der Waals surface area contributed by atoms with E-state index < -0.39 is 0 Å². The molecule has 0 saturated carbocycles. The van der Waals surface area contributed by atoms with Crippen LogP contribution >= 0.6 is 24.0 Å². The average molecular weight is 413 g/mol. The molecule has 0 spiro atoms. The number of hydrogen-bond donors (Lipinski definition) is 1. The van der Waals surface area contributed by atoms with Crippen molar-refractivity contribution < 1.29 is 0 Å². The van der Waals surface area contributed by atoms with Crippen molar-refractivity contribution in [1.29, 1.82) is 0 Å². The highest BCUT2D eigenvalue weighted by Gasteiger charge is 2.14. The maximum absolute atomic E-state index is 5.77. The Hall–Kier alpha value is -3.08. The van der Waals surface area contributed by atoms with E-state index in [2.05, 4.69) is 78.1 Å². The summed E-state index contributed by atoms with van der Waals surface area (Å²) in [7, 11) is 0. The number of thiocarbonyl (C=S) groups is 1. The zero-order valence-corrected chi connectivity index (χ0v) is 17.4. The first-order valence-corrected chi connectivity index (χ1v) is 10.6. The van der Waals surface area contributed by atoms with Crippen LogP contribution in [0.15, 0.2) is 125 Å². The Balaban J connectivity index is 1.52. The Kier molecular flexibility index (Phi) is 6.25. The Bertz CT molecular complexity index is 1010. The molecule has 0 atom stereocenters. The minimum Gasteiger partial charge on any atom is -0.332 e. The van der Waals surface area contributed by atoms with Gasteiger partial charge in [-0.25, -0.2) is 0 Å². The second-order valence-corrected chi connectivity index (χ2v) is 7.91. The van der Waals surface area contributed by atoms with E-state index in [1.807, 2.05) is 47.4 Å². The predicted octanol–water partition coefficient (Wildman–Crippen LogP) is 7.37. The van der Waals surface area contributed by atoms with E-state index >= 15 is 0 Å². The maximum Gasteiger partial charge on any atom is 0.182 e. The van der Waals surface area contributed by atoms with Crippen LogP contribution < -0.4 is 10.2 Å². The number of benzene rings is 4. The Morgan fingerprint density at radius 3 is 1.55 bits per heavy atom. The zero-order valence-electron chi connectivity index (χ0n) is 15.7. The molecular formula is C25H20N2S2. The second kappa shape index (κ2) is 9.41. The normalized spacial score (nSPS) is 10.3. The van der Waals surface area contributed by atoms with Gasteiger partial charge in [-0.15, -0.1) is 0 Å². The molecule has 2 nitrogen and oxygen atoms in total. The van der Waals surface area contributed by atoms with Gasteiger partial charge in [0.15, 0.2) is 5.11 Å². The zero-order chi connectivity index (χ0) is 19.9. The van der Waals surface area contributed by atoms with E-state index in [1.54, 1.807) is 11.8 Å². The van der Waals surface area contributed by atoms with Gasteiger partial charge in [-0.1, -0.05) is 66.4 Å². The van der Waals surface area contributed by atoms with E-state index in [4.69, 9.17) is 12.2 Å². The molecule has 29 heavy (non-hydrogen) atoms. The van der Waals surface area contributed by atoms with Crippen molar-refractivity contribution >= 4 is 46.2 Å². The average Bonchev–Trinajstić information content (AvgIpc) is 2.78. The molecule has 1 N–H and O–H groups in total. The molecule has 0 aliphatic rings. The molecule has 4 aromatic rings. The molecule has 4 rings (SSSR count). The SMILES string of the molecule is S=C(Nc1ccc(Sc2ccccc2)cc1)N(c1ccccc1)c1ccccc1.